The summed E-state index contributed by atoms with van der Waals surface area (Å²) in [6, 6.07) is 20.8. The molecule has 31 heavy (non-hydrogen) atoms. The third-order valence-electron chi connectivity index (χ3n) is 4.69. The molecule has 0 aliphatic heterocycles. The fourth-order valence-electron chi connectivity index (χ4n) is 3.01. The zero-order valence-electron chi connectivity index (χ0n) is 17.3. The van der Waals surface area contributed by atoms with E-state index in [2.05, 4.69) is 11.4 Å². The van der Waals surface area contributed by atoms with Gasteiger partial charge in [-0.15, -0.1) is 0 Å². The van der Waals surface area contributed by atoms with E-state index in [4.69, 9.17) is 16.9 Å². The van der Waals surface area contributed by atoms with Gasteiger partial charge in [0.15, 0.2) is 0 Å². The zero-order chi connectivity index (χ0) is 22.4. The Kier molecular flexibility index (Phi) is 7.24. The average molecular weight is 437 g/mol. The summed E-state index contributed by atoms with van der Waals surface area (Å²) in [6.07, 6.45) is 0. The van der Waals surface area contributed by atoms with Crippen molar-refractivity contribution in [2.75, 3.05) is 37.4 Å². The summed E-state index contributed by atoms with van der Waals surface area (Å²) in [4.78, 5) is 16.5. The van der Waals surface area contributed by atoms with E-state index in [9.17, 15) is 9.18 Å². The quantitative estimate of drug-likeness (QED) is 0.545. The monoisotopic (exact) mass is 436 g/mol. The number of nitrogens with one attached hydrogen (secondary N) is 1. The Morgan fingerprint density at radius 1 is 1.03 bits per heavy atom. The number of hydrogen-bond donors (Lipinski definition) is 1. The Balaban J connectivity index is 1.84. The SMILES string of the molecule is CN(C)CCN(C(=O)Nc1ccc(Cl)c(F)c1)c1ccc(-c2cccc(C#N)c2)cc1. The number of benzene rings is 3. The lowest BCUT2D eigenvalue weighted by molar-refractivity contribution is 0.256. The highest BCUT2D eigenvalue weighted by molar-refractivity contribution is 6.30. The first-order valence-electron chi connectivity index (χ1n) is 9.66. The van der Waals surface area contributed by atoms with E-state index in [1.807, 2.05) is 61.5 Å². The molecule has 0 saturated carbocycles. The topological polar surface area (TPSA) is 59.4 Å². The lowest BCUT2D eigenvalue weighted by Gasteiger charge is -2.25. The van der Waals surface area contributed by atoms with Gasteiger partial charge >= 0.3 is 6.03 Å². The van der Waals surface area contributed by atoms with Crippen LogP contribution in [0.25, 0.3) is 11.1 Å². The summed E-state index contributed by atoms with van der Waals surface area (Å²) < 4.78 is 13.7. The van der Waals surface area contributed by atoms with Crippen LogP contribution in [0.15, 0.2) is 66.7 Å². The van der Waals surface area contributed by atoms with Crippen LogP contribution < -0.4 is 10.2 Å². The lowest BCUT2D eigenvalue weighted by atomic mass is 10.0. The second-order valence-corrected chi connectivity index (χ2v) is 7.66. The van der Waals surface area contributed by atoms with Crippen LogP contribution in [0.2, 0.25) is 5.02 Å². The molecule has 0 radical (unpaired) electrons. The van der Waals surface area contributed by atoms with E-state index >= 15 is 0 Å². The molecule has 2 amide bonds. The van der Waals surface area contributed by atoms with Crippen LogP contribution in [0.5, 0.6) is 0 Å². The number of halogens is 2. The number of nitrogens with zero attached hydrogens (tertiary/aromatic N) is 3. The van der Waals surface area contributed by atoms with Crippen LogP contribution in [0.3, 0.4) is 0 Å². The van der Waals surface area contributed by atoms with Crippen LogP contribution >= 0.6 is 11.6 Å². The van der Waals surface area contributed by atoms with Crippen LogP contribution in [-0.2, 0) is 0 Å². The highest BCUT2D eigenvalue weighted by atomic mass is 35.5. The fourth-order valence-corrected chi connectivity index (χ4v) is 3.13. The van der Waals surface area contributed by atoms with Gasteiger partial charge in [-0.1, -0.05) is 35.9 Å². The second-order valence-electron chi connectivity index (χ2n) is 7.25. The summed E-state index contributed by atoms with van der Waals surface area (Å²) in [5, 5.41) is 11.8. The molecule has 0 aliphatic carbocycles. The molecule has 1 N–H and O–H groups in total. The number of urea groups is 1. The molecule has 0 atom stereocenters. The van der Waals surface area contributed by atoms with Gasteiger partial charge in [0.25, 0.3) is 0 Å². The Labute approximate surface area is 186 Å². The fraction of sp³-hybridized carbons (Fsp3) is 0.167. The zero-order valence-corrected chi connectivity index (χ0v) is 18.0. The van der Waals surface area contributed by atoms with Crippen molar-refractivity contribution >= 4 is 29.0 Å². The Bertz CT molecular complexity index is 1110. The first kappa shape index (κ1) is 22.3. The van der Waals surface area contributed by atoms with Crippen molar-refractivity contribution in [1.82, 2.24) is 4.90 Å². The first-order chi connectivity index (χ1) is 14.9. The van der Waals surface area contributed by atoms with E-state index in [1.165, 1.54) is 12.1 Å². The molecule has 0 aliphatic rings. The lowest BCUT2D eigenvalue weighted by Crippen LogP contribution is -2.39. The highest BCUT2D eigenvalue weighted by Crippen LogP contribution is 2.25. The second kappa shape index (κ2) is 10.1. The number of nitriles is 1. The van der Waals surface area contributed by atoms with Gasteiger partial charge in [-0.25, -0.2) is 9.18 Å². The minimum absolute atomic E-state index is 0.00137. The summed E-state index contributed by atoms with van der Waals surface area (Å²) >= 11 is 5.72. The molecule has 7 heteroatoms. The van der Waals surface area contributed by atoms with Gasteiger partial charge in [-0.05, 0) is 67.7 Å². The highest BCUT2D eigenvalue weighted by Gasteiger charge is 2.17. The van der Waals surface area contributed by atoms with E-state index in [1.54, 1.807) is 17.0 Å². The minimum atomic E-state index is -0.594. The van der Waals surface area contributed by atoms with Gasteiger partial charge in [-0.2, -0.15) is 5.26 Å². The van der Waals surface area contributed by atoms with Crippen LogP contribution in [0.4, 0.5) is 20.6 Å². The molecule has 158 valence electrons. The van der Waals surface area contributed by atoms with Gasteiger partial charge in [0.05, 0.1) is 16.7 Å². The number of anilines is 2. The molecular formula is C24H22ClFN4O. The predicted molar refractivity (Wildman–Crippen MR) is 123 cm³/mol. The van der Waals surface area contributed by atoms with Crippen LogP contribution in [-0.4, -0.2) is 38.1 Å². The first-order valence-corrected chi connectivity index (χ1v) is 10.0. The molecule has 3 aromatic carbocycles. The minimum Gasteiger partial charge on any atom is -0.308 e. The standard InChI is InChI=1S/C24H22ClFN4O/c1-29(2)12-13-30(24(31)28-20-8-11-22(25)23(26)15-20)21-9-6-18(7-10-21)19-5-3-4-17(14-19)16-27/h3-11,14-15H,12-13H2,1-2H3,(H,28,31). The van der Waals surface area contributed by atoms with Gasteiger partial charge in [0.1, 0.15) is 5.82 Å². The third kappa shape index (κ3) is 5.82. The van der Waals surface area contributed by atoms with Crippen molar-refractivity contribution in [3.63, 3.8) is 0 Å². The number of carbonyl (C=O) groups excluding carboxylic acids is 1. The number of rotatable bonds is 6. The van der Waals surface area contributed by atoms with Crippen molar-refractivity contribution in [2.24, 2.45) is 0 Å². The van der Waals surface area contributed by atoms with E-state index in [-0.39, 0.29) is 11.1 Å². The Morgan fingerprint density at radius 2 is 1.77 bits per heavy atom. The number of carbonyl (C=O) groups is 1. The normalized spacial score (nSPS) is 10.6. The summed E-state index contributed by atoms with van der Waals surface area (Å²) in [6.45, 7) is 1.09. The molecule has 0 fully saturated rings. The van der Waals surface area contributed by atoms with Crippen molar-refractivity contribution in [3.05, 3.63) is 83.1 Å². The molecule has 3 rings (SSSR count). The van der Waals surface area contributed by atoms with Crippen molar-refractivity contribution in [3.8, 4) is 17.2 Å². The average Bonchev–Trinajstić information content (AvgIpc) is 2.76. The van der Waals surface area contributed by atoms with Crippen LogP contribution in [0, 0.1) is 17.1 Å². The molecule has 0 aromatic heterocycles. The van der Waals surface area contributed by atoms with Gasteiger partial charge in [0.2, 0.25) is 0 Å². The van der Waals surface area contributed by atoms with Gasteiger partial charge in [-0.3, -0.25) is 4.90 Å². The summed E-state index contributed by atoms with van der Waals surface area (Å²) in [5.74, 6) is -0.594. The molecule has 5 nitrogen and oxygen atoms in total. The number of hydrogen-bond acceptors (Lipinski definition) is 3. The van der Waals surface area contributed by atoms with Crippen molar-refractivity contribution < 1.29 is 9.18 Å². The molecule has 3 aromatic rings. The number of likely N-dealkylation sites (N-methyl/N-ethyl adjacent to an activating group) is 1. The molecule has 0 spiro atoms. The van der Waals surface area contributed by atoms with Crippen molar-refractivity contribution in [2.45, 2.75) is 0 Å². The molecule has 0 unspecified atom stereocenters. The van der Waals surface area contributed by atoms with E-state index in [0.29, 0.717) is 30.0 Å². The van der Waals surface area contributed by atoms with Crippen molar-refractivity contribution in [1.29, 1.82) is 5.26 Å². The van der Waals surface area contributed by atoms with Gasteiger partial charge < -0.3 is 10.2 Å². The molecule has 0 bridgehead atoms. The number of amides is 2. The summed E-state index contributed by atoms with van der Waals surface area (Å²) in [7, 11) is 3.85. The smallest absolute Gasteiger partial charge is 0.308 e. The third-order valence-corrected chi connectivity index (χ3v) is 5.00. The summed E-state index contributed by atoms with van der Waals surface area (Å²) in [5.41, 5.74) is 3.48. The van der Waals surface area contributed by atoms with E-state index < -0.39 is 5.82 Å². The maximum atomic E-state index is 13.7. The molecule has 0 saturated heterocycles. The molecule has 0 heterocycles. The largest absolute Gasteiger partial charge is 0.326 e. The molecular weight excluding hydrogens is 415 g/mol. The maximum absolute atomic E-state index is 13.7. The van der Waals surface area contributed by atoms with Crippen LogP contribution in [0.1, 0.15) is 5.56 Å². The van der Waals surface area contributed by atoms with Gasteiger partial charge in [0, 0.05) is 24.5 Å². The maximum Gasteiger partial charge on any atom is 0.326 e. The van der Waals surface area contributed by atoms with E-state index in [0.717, 1.165) is 11.1 Å². The Hall–Kier alpha value is -3.40. The predicted octanol–water partition coefficient (Wildman–Crippen LogP) is 5.62. The Morgan fingerprint density at radius 3 is 2.42 bits per heavy atom.